The van der Waals surface area contributed by atoms with Crippen molar-refractivity contribution in [1.82, 2.24) is 4.31 Å². The van der Waals surface area contributed by atoms with Crippen LogP contribution < -0.4 is 0 Å². The third-order valence-electron chi connectivity index (χ3n) is 2.02. The van der Waals surface area contributed by atoms with E-state index in [1.165, 1.54) is 0 Å². The SMILES string of the molecule is CC(C)CCN(CCC(C)C)[S+]=O. The molecule has 0 aromatic carbocycles. The Morgan fingerprint density at radius 3 is 1.62 bits per heavy atom. The van der Waals surface area contributed by atoms with Crippen LogP contribution >= 0.6 is 0 Å². The van der Waals surface area contributed by atoms with Crippen molar-refractivity contribution in [3.05, 3.63) is 0 Å². The molecule has 0 aromatic heterocycles. The van der Waals surface area contributed by atoms with E-state index in [0.717, 1.165) is 25.9 Å². The standard InChI is InChI=1S/C10H22NOS/c1-9(2)5-7-11(13-12)8-6-10(3)4/h9-10H,5-8H2,1-4H3/q+1. The van der Waals surface area contributed by atoms with Crippen LogP contribution in [-0.2, 0) is 16.1 Å². The summed E-state index contributed by atoms with van der Waals surface area (Å²) in [4.78, 5) is 0. The first-order chi connectivity index (χ1) is 6.06. The van der Waals surface area contributed by atoms with Crippen molar-refractivity contribution in [3.63, 3.8) is 0 Å². The zero-order chi connectivity index (χ0) is 10.3. The van der Waals surface area contributed by atoms with Gasteiger partial charge >= 0.3 is 11.9 Å². The highest BCUT2D eigenvalue weighted by atomic mass is 32.2. The molecule has 0 aliphatic carbocycles. The summed E-state index contributed by atoms with van der Waals surface area (Å²) < 4.78 is 12.6. The second-order valence-corrected chi connectivity index (χ2v) is 5.03. The van der Waals surface area contributed by atoms with Gasteiger partial charge in [-0.15, -0.1) is 0 Å². The van der Waals surface area contributed by atoms with E-state index in [1.54, 1.807) is 0 Å². The molecule has 0 bridgehead atoms. The molecule has 0 unspecified atom stereocenters. The van der Waals surface area contributed by atoms with Crippen molar-refractivity contribution >= 4 is 11.9 Å². The van der Waals surface area contributed by atoms with E-state index in [2.05, 4.69) is 27.7 Å². The summed E-state index contributed by atoms with van der Waals surface area (Å²) in [5.41, 5.74) is 0. The molecule has 0 heterocycles. The van der Waals surface area contributed by atoms with Crippen LogP contribution in [0.15, 0.2) is 0 Å². The molecule has 0 saturated heterocycles. The van der Waals surface area contributed by atoms with E-state index in [-0.39, 0.29) is 0 Å². The molecule has 0 rings (SSSR count). The molecule has 78 valence electrons. The molecular formula is C10H22NOS+. The Morgan fingerprint density at radius 1 is 1.00 bits per heavy atom. The van der Waals surface area contributed by atoms with Gasteiger partial charge in [0.15, 0.2) is 0 Å². The van der Waals surface area contributed by atoms with Gasteiger partial charge < -0.3 is 0 Å². The average Bonchev–Trinajstić information content (AvgIpc) is 2.04. The van der Waals surface area contributed by atoms with E-state index in [1.807, 2.05) is 4.31 Å². The Labute approximate surface area is 86.3 Å². The summed E-state index contributed by atoms with van der Waals surface area (Å²) in [6.07, 6.45) is 2.24. The Morgan fingerprint density at radius 2 is 1.38 bits per heavy atom. The first-order valence-electron chi connectivity index (χ1n) is 5.11. The molecule has 0 aliphatic rings. The monoisotopic (exact) mass is 204 g/mol. The molecule has 0 aromatic rings. The van der Waals surface area contributed by atoms with E-state index in [4.69, 9.17) is 0 Å². The maximum absolute atomic E-state index is 10.7. The van der Waals surface area contributed by atoms with Crippen LogP contribution in [0.5, 0.6) is 0 Å². The lowest BCUT2D eigenvalue weighted by Crippen LogP contribution is -2.23. The summed E-state index contributed by atoms with van der Waals surface area (Å²) in [5.74, 6) is 1.38. The average molecular weight is 204 g/mol. The minimum Gasteiger partial charge on any atom is -0.0627 e. The van der Waals surface area contributed by atoms with E-state index in [0.29, 0.717) is 23.7 Å². The molecule has 0 spiro atoms. The quantitative estimate of drug-likeness (QED) is 0.461. The minimum absolute atomic E-state index is 0.637. The lowest BCUT2D eigenvalue weighted by atomic mass is 10.1. The van der Waals surface area contributed by atoms with Crippen LogP contribution in [0.25, 0.3) is 0 Å². The molecule has 0 aliphatic heterocycles. The van der Waals surface area contributed by atoms with Crippen molar-refractivity contribution in [3.8, 4) is 0 Å². The Bertz CT molecular complexity index is 125. The van der Waals surface area contributed by atoms with Crippen LogP contribution in [0.3, 0.4) is 0 Å². The van der Waals surface area contributed by atoms with Crippen LogP contribution in [0.4, 0.5) is 0 Å². The number of nitrogens with zero attached hydrogens (tertiary/aromatic N) is 1. The van der Waals surface area contributed by atoms with E-state index >= 15 is 0 Å². The lowest BCUT2D eigenvalue weighted by molar-refractivity contribution is 0.377. The van der Waals surface area contributed by atoms with Crippen molar-refractivity contribution in [2.24, 2.45) is 11.8 Å². The molecule has 13 heavy (non-hydrogen) atoms. The number of rotatable bonds is 7. The maximum atomic E-state index is 10.7. The summed E-state index contributed by atoms with van der Waals surface area (Å²) in [5, 5.41) is 0. The molecule has 3 heteroatoms. The zero-order valence-electron chi connectivity index (χ0n) is 9.25. The van der Waals surface area contributed by atoms with Gasteiger partial charge in [0, 0.05) is 0 Å². The van der Waals surface area contributed by atoms with Gasteiger partial charge in [0.2, 0.25) is 0 Å². The molecule has 0 saturated carbocycles. The number of hydrogen-bond donors (Lipinski definition) is 0. The lowest BCUT2D eigenvalue weighted by Gasteiger charge is -2.08. The first-order valence-corrected chi connectivity index (χ1v) is 5.81. The van der Waals surface area contributed by atoms with Crippen LogP contribution in [0.2, 0.25) is 0 Å². The summed E-state index contributed by atoms with van der Waals surface area (Å²) in [6, 6.07) is 0. The third kappa shape index (κ3) is 8.31. The fourth-order valence-electron chi connectivity index (χ4n) is 0.991. The highest BCUT2D eigenvalue weighted by Gasteiger charge is 2.17. The predicted molar refractivity (Wildman–Crippen MR) is 58.5 cm³/mol. The van der Waals surface area contributed by atoms with Crippen LogP contribution in [0, 0.1) is 11.8 Å². The predicted octanol–water partition coefficient (Wildman–Crippen LogP) is 2.72. The molecule has 0 N–H and O–H groups in total. The summed E-state index contributed by atoms with van der Waals surface area (Å²) in [7, 11) is 0. The van der Waals surface area contributed by atoms with Crippen molar-refractivity contribution in [2.75, 3.05) is 13.1 Å². The van der Waals surface area contributed by atoms with Crippen LogP contribution in [0.1, 0.15) is 40.5 Å². The molecule has 0 radical (unpaired) electrons. The van der Waals surface area contributed by atoms with Crippen molar-refractivity contribution < 1.29 is 4.21 Å². The van der Waals surface area contributed by atoms with Crippen molar-refractivity contribution in [1.29, 1.82) is 0 Å². The van der Waals surface area contributed by atoms with Gasteiger partial charge in [0.25, 0.3) is 0 Å². The third-order valence-corrected chi connectivity index (χ3v) is 2.59. The molecule has 2 nitrogen and oxygen atoms in total. The van der Waals surface area contributed by atoms with E-state index in [9.17, 15) is 4.21 Å². The van der Waals surface area contributed by atoms with Gasteiger partial charge in [-0.1, -0.05) is 27.7 Å². The van der Waals surface area contributed by atoms with Gasteiger partial charge in [-0.25, -0.2) is 0 Å². The number of hydrogen-bond acceptors (Lipinski definition) is 1. The van der Waals surface area contributed by atoms with E-state index < -0.39 is 0 Å². The fraction of sp³-hybridized carbons (Fsp3) is 1.00. The van der Waals surface area contributed by atoms with Gasteiger partial charge in [-0.2, -0.15) is 0 Å². The highest BCUT2D eigenvalue weighted by Crippen LogP contribution is 2.05. The molecule has 0 fully saturated rings. The molecule has 0 amide bonds. The molecule has 0 atom stereocenters. The fourth-order valence-corrected chi connectivity index (χ4v) is 1.35. The highest BCUT2D eigenvalue weighted by molar-refractivity contribution is 7.62. The first kappa shape index (κ1) is 13.0. The zero-order valence-corrected chi connectivity index (χ0v) is 10.1. The van der Waals surface area contributed by atoms with Gasteiger partial charge in [0.05, 0.1) is 17.3 Å². The Balaban J connectivity index is 3.57. The van der Waals surface area contributed by atoms with Gasteiger partial charge in [0.1, 0.15) is 0 Å². The largest absolute Gasteiger partial charge is 0.590 e. The minimum atomic E-state index is 0.637. The smallest absolute Gasteiger partial charge is 0.0627 e. The van der Waals surface area contributed by atoms with Crippen molar-refractivity contribution in [2.45, 2.75) is 40.5 Å². The van der Waals surface area contributed by atoms with Gasteiger partial charge in [-0.3, -0.25) is 0 Å². The van der Waals surface area contributed by atoms with Gasteiger partial charge in [-0.05, 0) is 29.0 Å². The summed E-state index contributed by atoms with van der Waals surface area (Å²) in [6.45, 7) is 10.6. The second kappa shape index (κ2) is 7.39. The molecular weight excluding hydrogens is 182 g/mol. The second-order valence-electron chi connectivity index (χ2n) is 4.37. The topological polar surface area (TPSA) is 20.3 Å². The normalized spacial score (nSPS) is 11.6. The maximum Gasteiger partial charge on any atom is 0.590 e. The Kier molecular flexibility index (Phi) is 7.38. The Hall–Kier alpha value is -0.0200. The van der Waals surface area contributed by atoms with Crippen LogP contribution in [-0.4, -0.2) is 17.4 Å². The summed E-state index contributed by atoms with van der Waals surface area (Å²) >= 11 is 0.637.